The molecule has 0 fully saturated rings. The molecule has 0 unspecified atom stereocenters. The summed E-state index contributed by atoms with van der Waals surface area (Å²) < 4.78 is 0. The van der Waals surface area contributed by atoms with Crippen LogP contribution in [0.3, 0.4) is 0 Å². The molecule has 0 spiro atoms. The van der Waals surface area contributed by atoms with E-state index in [0.29, 0.717) is 5.92 Å². The second-order valence-electron chi connectivity index (χ2n) is 2.88. The monoisotopic (exact) mass is 175 g/mol. The van der Waals surface area contributed by atoms with Crippen LogP contribution in [-0.4, -0.2) is 11.7 Å². The van der Waals surface area contributed by atoms with Crippen LogP contribution in [0, 0.1) is 16.0 Å². The van der Waals surface area contributed by atoms with E-state index in [9.17, 15) is 10.1 Å². The predicted octanol–water partition coefficient (Wildman–Crippen LogP) is 2.41. The van der Waals surface area contributed by atoms with Crippen molar-refractivity contribution in [3.63, 3.8) is 0 Å². The molecular formula is C8H17NO3. The second kappa shape index (κ2) is 6.88. The van der Waals surface area contributed by atoms with E-state index in [1.807, 2.05) is 0 Å². The van der Waals surface area contributed by atoms with Crippen LogP contribution in [0.5, 0.6) is 0 Å². The molecule has 0 aromatic rings. The van der Waals surface area contributed by atoms with Crippen LogP contribution in [0.15, 0.2) is 0 Å². The Hall–Kier alpha value is -0.800. The summed E-state index contributed by atoms with van der Waals surface area (Å²) in [6, 6.07) is 0. The van der Waals surface area contributed by atoms with Crippen LogP contribution in [0.4, 0.5) is 0 Å². The molecule has 4 nitrogen and oxygen atoms in total. The van der Waals surface area contributed by atoms with E-state index < -0.39 is 5.09 Å². The Kier molecular flexibility index (Phi) is 6.42. The predicted molar refractivity (Wildman–Crippen MR) is 46.3 cm³/mol. The first-order chi connectivity index (χ1) is 5.70. The van der Waals surface area contributed by atoms with Crippen molar-refractivity contribution in [2.24, 2.45) is 5.92 Å². The van der Waals surface area contributed by atoms with Gasteiger partial charge in [0.15, 0.2) is 0 Å². The van der Waals surface area contributed by atoms with Crippen LogP contribution in [0.1, 0.15) is 39.5 Å². The number of hydrogen-bond acceptors (Lipinski definition) is 3. The normalized spacial score (nSPS) is 10.2. The van der Waals surface area contributed by atoms with Gasteiger partial charge in [-0.2, -0.15) is 0 Å². The van der Waals surface area contributed by atoms with Crippen molar-refractivity contribution in [2.75, 3.05) is 6.61 Å². The SMILES string of the molecule is CCC(CC)CCCO[N+](=O)[O-]. The molecule has 12 heavy (non-hydrogen) atoms. The molecule has 4 heteroatoms. The first-order valence-electron chi connectivity index (χ1n) is 4.48. The van der Waals surface area contributed by atoms with E-state index in [1.165, 1.54) is 0 Å². The maximum Gasteiger partial charge on any atom is 0.294 e. The van der Waals surface area contributed by atoms with Crippen LogP contribution in [-0.2, 0) is 4.84 Å². The average molecular weight is 175 g/mol. The lowest BCUT2D eigenvalue weighted by Gasteiger charge is -2.10. The summed E-state index contributed by atoms with van der Waals surface area (Å²) in [5, 5.41) is 9.04. The van der Waals surface area contributed by atoms with Gasteiger partial charge in [-0.3, -0.25) is 0 Å². The van der Waals surface area contributed by atoms with E-state index in [2.05, 4.69) is 18.7 Å². The fourth-order valence-corrected chi connectivity index (χ4v) is 1.21. The maximum atomic E-state index is 9.77. The zero-order chi connectivity index (χ0) is 9.40. The third-order valence-electron chi connectivity index (χ3n) is 2.11. The zero-order valence-electron chi connectivity index (χ0n) is 7.78. The van der Waals surface area contributed by atoms with E-state index >= 15 is 0 Å². The van der Waals surface area contributed by atoms with Crippen molar-refractivity contribution >= 4 is 0 Å². The molecule has 0 saturated heterocycles. The van der Waals surface area contributed by atoms with Gasteiger partial charge in [0.25, 0.3) is 5.09 Å². The Balaban J connectivity index is 3.23. The fraction of sp³-hybridized carbons (Fsp3) is 1.00. The zero-order valence-corrected chi connectivity index (χ0v) is 7.78. The van der Waals surface area contributed by atoms with E-state index in [1.54, 1.807) is 0 Å². The lowest BCUT2D eigenvalue weighted by atomic mass is 9.98. The van der Waals surface area contributed by atoms with Gasteiger partial charge in [0.2, 0.25) is 0 Å². The summed E-state index contributed by atoms with van der Waals surface area (Å²) in [5.41, 5.74) is 0. The first-order valence-corrected chi connectivity index (χ1v) is 4.48. The molecule has 0 bridgehead atoms. The van der Waals surface area contributed by atoms with E-state index in [-0.39, 0.29) is 6.61 Å². The van der Waals surface area contributed by atoms with Crippen molar-refractivity contribution in [3.05, 3.63) is 10.1 Å². The molecule has 0 heterocycles. The highest BCUT2D eigenvalue weighted by Crippen LogP contribution is 2.14. The van der Waals surface area contributed by atoms with Gasteiger partial charge >= 0.3 is 0 Å². The highest BCUT2D eigenvalue weighted by atomic mass is 16.9. The molecule has 0 aliphatic heterocycles. The standard InChI is InChI=1S/C8H17NO3/c1-3-8(4-2)6-5-7-12-9(10)11/h8H,3-7H2,1-2H3. The number of rotatable bonds is 7. The first kappa shape index (κ1) is 11.2. The molecule has 0 N–H and O–H groups in total. The summed E-state index contributed by atoms with van der Waals surface area (Å²) in [4.78, 5) is 14.0. The summed E-state index contributed by atoms with van der Waals surface area (Å²) in [7, 11) is 0. The Morgan fingerprint density at radius 1 is 1.42 bits per heavy atom. The highest BCUT2D eigenvalue weighted by molar-refractivity contribution is 4.53. The minimum Gasteiger partial charge on any atom is -0.314 e. The van der Waals surface area contributed by atoms with Gasteiger partial charge in [0, 0.05) is 0 Å². The topological polar surface area (TPSA) is 52.4 Å². The second-order valence-corrected chi connectivity index (χ2v) is 2.88. The third-order valence-corrected chi connectivity index (χ3v) is 2.11. The summed E-state index contributed by atoms with van der Waals surface area (Å²) >= 11 is 0. The summed E-state index contributed by atoms with van der Waals surface area (Å²) in [6.07, 6.45) is 4.11. The summed E-state index contributed by atoms with van der Waals surface area (Å²) in [6.45, 7) is 4.52. The lowest BCUT2D eigenvalue weighted by Crippen LogP contribution is -2.04. The fourth-order valence-electron chi connectivity index (χ4n) is 1.21. The van der Waals surface area contributed by atoms with Crippen LogP contribution >= 0.6 is 0 Å². The Morgan fingerprint density at radius 3 is 2.42 bits per heavy atom. The van der Waals surface area contributed by atoms with E-state index in [4.69, 9.17) is 0 Å². The van der Waals surface area contributed by atoms with Crippen LogP contribution in [0.25, 0.3) is 0 Å². The van der Waals surface area contributed by atoms with Gasteiger partial charge in [-0.25, -0.2) is 0 Å². The Labute approximate surface area is 73.0 Å². The molecule has 72 valence electrons. The van der Waals surface area contributed by atoms with Crippen molar-refractivity contribution in [1.82, 2.24) is 0 Å². The molecule has 0 atom stereocenters. The third kappa shape index (κ3) is 5.95. The van der Waals surface area contributed by atoms with Crippen molar-refractivity contribution in [1.29, 1.82) is 0 Å². The van der Waals surface area contributed by atoms with Gasteiger partial charge in [-0.1, -0.05) is 26.7 Å². The van der Waals surface area contributed by atoms with Gasteiger partial charge < -0.3 is 4.84 Å². The van der Waals surface area contributed by atoms with Crippen molar-refractivity contribution in [2.45, 2.75) is 39.5 Å². The van der Waals surface area contributed by atoms with E-state index in [0.717, 1.165) is 25.7 Å². The summed E-state index contributed by atoms with van der Waals surface area (Å²) in [5.74, 6) is 0.695. The Morgan fingerprint density at radius 2 is 2.00 bits per heavy atom. The van der Waals surface area contributed by atoms with Gasteiger partial charge in [0.1, 0.15) is 0 Å². The van der Waals surface area contributed by atoms with Crippen molar-refractivity contribution < 1.29 is 9.92 Å². The Bertz CT molecular complexity index is 123. The molecular weight excluding hydrogens is 158 g/mol. The van der Waals surface area contributed by atoms with Gasteiger partial charge in [-0.05, 0) is 18.8 Å². The molecule has 0 amide bonds. The molecule has 0 rings (SSSR count). The van der Waals surface area contributed by atoms with Crippen molar-refractivity contribution in [3.8, 4) is 0 Å². The molecule has 0 radical (unpaired) electrons. The molecule has 0 aliphatic carbocycles. The average Bonchev–Trinajstić information content (AvgIpc) is 2.04. The van der Waals surface area contributed by atoms with Crippen LogP contribution < -0.4 is 0 Å². The largest absolute Gasteiger partial charge is 0.314 e. The smallest absolute Gasteiger partial charge is 0.294 e. The number of nitrogens with zero attached hydrogens (tertiary/aromatic N) is 1. The van der Waals surface area contributed by atoms with Gasteiger partial charge in [0.05, 0.1) is 6.61 Å². The molecule has 0 aliphatic rings. The van der Waals surface area contributed by atoms with Crippen LogP contribution in [0.2, 0.25) is 0 Å². The minimum atomic E-state index is -0.729. The lowest BCUT2D eigenvalue weighted by molar-refractivity contribution is -0.757. The quantitative estimate of drug-likeness (QED) is 0.339. The minimum absolute atomic E-state index is 0.240. The molecule has 0 aromatic carbocycles. The maximum absolute atomic E-state index is 9.77. The van der Waals surface area contributed by atoms with Gasteiger partial charge in [-0.15, -0.1) is 10.1 Å². The molecule has 0 saturated carbocycles. The number of hydrogen-bond donors (Lipinski definition) is 0. The molecule has 0 aromatic heterocycles. The highest BCUT2D eigenvalue weighted by Gasteiger charge is 2.03.